The molecule has 156 valence electrons. The molecule has 2 aromatic carbocycles. The molecule has 1 aliphatic rings. The van der Waals surface area contributed by atoms with E-state index in [1.54, 1.807) is 38.1 Å². The van der Waals surface area contributed by atoms with E-state index in [-0.39, 0.29) is 31.0 Å². The second-order valence-corrected chi connectivity index (χ2v) is 7.01. The molecule has 1 heterocycles. The number of aromatic carboxylic acids is 1. The Morgan fingerprint density at radius 2 is 1.77 bits per heavy atom. The van der Waals surface area contributed by atoms with Crippen molar-refractivity contribution < 1.29 is 28.6 Å². The van der Waals surface area contributed by atoms with Crippen LogP contribution in [0.5, 0.6) is 0 Å². The first-order valence-corrected chi connectivity index (χ1v) is 9.57. The molecule has 0 fully saturated rings. The highest BCUT2D eigenvalue weighted by Gasteiger charge is 2.36. The Kier molecular flexibility index (Phi) is 6.30. The van der Waals surface area contributed by atoms with E-state index in [1.165, 1.54) is 29.2 Å². The molecule has 0 bridgehead atoms. The largest absolute Gasteiger partial charge is 0.478 e. The molecule has 7 heteroatoms. The maximum absolute atomic E-state index is 13.4. The van der Waals surface area contributed by atoms with Crippen molar-refractivity contribution in [2.24, 2.45) is 0 Å². The molecule has 6 nitrogen and oxygen atoms in total. The summed E-state index contributed by atoms with van der Waals surface area (Å²) >= 11 is 0. The van der Waals surface area contributed by atoms with E-state index in [0.717, 1.165) is 5.56 Å². The number of ether oxygens (including phenoxy) is 1. The molecule has 1 unspecified atom stereocenters. The van der Waals surface area contributed by atoms with E-state index >= 15 is 0 Å². The summed E-state index contributed by atoms with van der Waals surface area (Å²) in [6.45, 7) is 3.78. The topological polar surface area (TPSA) is 83.9 Å². The van der Waals surface area contributed by atoms with Crippen LogP contribution in [0.4, 0.5) is 4.39 Å². The van der Waals surface area contributed by atoms with E-state index in [2.05, 4.69) is 0 Å². The normalized spacial score (nSPS) is 16.6. The van der Waals surface area contributed by atoms with Gasteiger partial charge in [0.05, 0.1) is 24.3 Å². The number of carbonyl (C=O) groups is 3. The van der Waals surface area contributed by atoms with Gasteiger partial charge in [0, 0.05) is 18.0 Å². The minimum absolute atomic E-state index is 0.0460. The van der Waals surface area contributed by atoms with Crippen LogP contribution in [0.1, 0.15) is 47.7 Å². The van der Waals surface area contributed by atoms with Crippen LogP contribution in [0.25, 0.3) is 0 Å². The molecular formula is C23H22FNO5. The van der Waals surface area contributed by atoms with Crippen molar-refractivity contribution in [3.63, 3.8) is 0 Å². The third kappa shape index (κ3) is 4.40. The third-order valence-electron chi connectivity index (χ3n) is 5.13. The SMILES string of the molecule is CCOC(=O)C1=C(C)N(Cc2ccc(C(=O)O)cc2)C(=O)CC1c1ccc(F)cc1. The van der Waals surface area contributed by atoms with Crippen molar-refractivity contribution in [3.05, 3.63) is 82.3 Å². The van der Waals surface area contributed by atoms with Crippen LogP contribution >= 0.6 is 0 Å². The van der Waals surface area contributed by atoms with Gasteiger partial charge in [-0.2, -0.15) is 0 Å². The second-order valence-electron chi connectivity index (χ2n) is 7.01. The number of carbonyl (C=O) groups excluding carboxylic acids is 2. The average Bonchev–Trinajstić information content (AvgIpc) is 2.71. The Morgan fingerprint density at radius 1 is 1.13 bits per heavy atom. The molecule has 30 heavy (non-hydrogen) atoms. The first-order valence-electron chi connectivity index (χ1n) is 9.57. The molecule has 0 aliphatic carbocycles. The fourth-order valence-electron chi connectivity index (χ4n) is 3.59. The van der Waals surface area contributed by atoms with Gasteiger partial charge >= 0.3 is 11.9 Å². The minimum Gasteiger partial charge on any atom is -0.478 e. The van der Waals surface area contributed by atoms with Gasteiger partial charge in [-0.1, -0.05) is 24.3 Å². The zero-order chi connectivity index (χ0) is 21.8. The number of rotatable bonds is 6. The summed E-state index contributed by atoms with van der Waals surface area (Å²) in [5, 5.41) is 9.04. The molecule has 1 amide bonds. The molecule has 1 N–H and O–H groups in total. The lowest BCUT2D eigenvalue weighted by Gasteiger charge is -2.34. The molecule has 2 aromatic rings. The van der Waals surface area contributed by atoms with Crippen LogP contribution in [0, 0.1) is 5.82 Å². The molecular weight excluding hydrogens is 389 g/mol. The van der Waals surface area contributed by atoms with Crippen LogP contribution in [-0.4, -0.2) is 34.5 Å². The highest BCUT2D eigenvalue weighted by Crippen LogP contribution is 2.37. The zero-order valence-electron chi connectivity index (χ0n) is 16.7. The summed E-state index contributed by atoms with van der Waals surface area (Å²) in [4.78, 5) is 38.2. The number of allylic oxidation sites excluding steroid dienone is 1. The Morgan fingerprint density at radius 3 is 2.33 bits per heavy atom. The maximum atomic E-state index is 13.4. The van der Waals surface area contributed by atoms with Gasteiger partial charge in [0.2, 0.25) is 5.91 Å². The first-order chi connectivity index (χ1) is 14.3. The lowest BCUT2D eigenvalue weighted by Crippen LogP contribution is -2.38. The molecule has 1 atom stereocenters. The number of hydrogen-bond donors (Lipinski definition) is 1. The minimum atomic E-state index is -1.03. The molecule has 0 radical (unpaired) electrons. The number of carboxylic acid groups (broad SMARTS) is 1. The van der Waals surface area contributed by atoms with Gasteiger partial charge < -0.3 is 14.7 Å². The fourth-order valence-corrected chi connectivity index (χ4v) is 3.59. The van der Waals surface area contributed by atoms with E-state index < -0.39 is 23.7 Å². The summed E-state index contributed by atoms with van der Waals surface area (Å²) in [6, 6.07) is 12.0. The van der Waals surface area contributed by atoms with E-state index in [1.807, 2.05) is 0 Å². The van der Waals surface area contributed by atoms with E-state index in [4.69, 9.17) is 9.84 Å². The van der Waals surface area contributed by atoms with Crippen LogP contribution in [0.3, 0.4) is 0 Å². The maximum Gasteiger partial charge on any atom is 0.336 e. The average molecular weight is 411 g/mol. The third-order valence-corrected chi connectivity index (χ3v) is 5.13. The molecule has 0 saturated heterocycles. The quantitative estimate of drug-likeness (QED) is 0.730. The number of hydrogen-bond acceptors (Lipinski definition) is 4. The van der Waals surface area contributed by atoms with Crippen molar-refractivity contribution in [2.45, 2.75) is 32.7 Å². The van der Waals surface area contributed by atoms with Crippen molar-refractivity contribution in [1.82, 2.24) is 4.90 Å². The summed E-state index contributed by atoms with van der Waals surface area (Å²) < 4.78 is 18.6. The van der Waals surface area contributed by atoms with Gasteiger partial charge in [-0.15, -0.1) is 0 Å². The first kappa shape index (κ1) is 21.2. The Bertz CT molecular complexity index is 995. The number of nitrogens with zero attached hydrogens (tertiary/aromatic N) is 1. The molecule has 0 saturated carbocycles. The standard InChI is InChI=1S/C23H22FNO5/c1-3-30-23(29)21-14(2)25(13-15-4-6-17(7-5-15)22(27)28)20(26)12-19(21)16-8-10-18(24)11-9-16/h4-11,19H,3,12-13H2,1-2H3,(H,27,28). The summed E-state index contributed by atoms with van der Waals surface area (Å²) in [5.41, 5.74) is 2.39. The van der Waals surface area contributed by atoms with E-state index in [0.29, 0.717) is 16.8 Å². The van der Waals surface area contributed by atoms with Crippen molar-refractivity contribution in [1.29, 1.82) is 0 Å². The predicted molar refractivity (Wildman–Crippen MR) is 107 cm³/mol. The predicted octanol–water partition coefficient (Wildman–Crippen LogP) is 3.88. The Balaban J connectivity index is 1.98. The molecule has 0 aromatic heterocycles. The lowest BCUT2D eigenvalue weighted by molar-refractivity contribution is -0.140. The van der Waals surface area contributed by atoms with Crippen LogP contribution in [-0.2, 0) is 20.9 Å². The number of carboxylic acids is 1. The number of amides is 1. The van der Waals surface area contributed by atoms with Gasteiger partial charge in [0.15, 0.2) is 0 Å². The summed E-state index contributed by atoms with van der Waals surface area (Å²) in [7, 11) is 0. The molecule has 3 rings (SSSR count). The Labute approximate surface area is 173 Å². The molecule has 0 spiro atoms. The Hall–Kier alpha value is -3.48. The lowest BCUT2D eigenvalue weighted by atomic mass is 9.83. The van der Waals surface area contributed by atoms with E-state index in [9.17, 15) is 18.8 Å². The van der Waals surface area contributed by atoms with Gasteiger partial charge in [-0.05, 0) is 49.2 Å². The van der Waals surface area contributed by atoms with Crippen molar-refractivity contribution >= 4 is 17.8 Å². The van der Waals surface area contributed by atoms with Crippen LogP contribution in [0.2, 0.25) is 0 Å². The zero-order valence-corrected chi connectivity index (χ0v) is 16.7. The van der Waals surface area contributed by atoms with Crippen LogP contribution in [0.15, 0.2) is 59.8 Å². The van der Waals surface area contributed by atoms with Gasteiger partial charge in [0.1, 0.15) is 5.82 Å². The fraction of sp³-hybridized carbons (Fsp3) is 0.261. The smallest absolute Gasteiger partial charge is 0.336 e. The number of esters is 1. The monoisotopic (exact) mass is 411 g/mol. The highest BCUT2D eigenvalue weighted by atomic mass is 19.1. The van der Waals surface area contributed by atoms with Gasteiger partial charge in [0.25, 0.3) is 0 Å². The van der Waals surface area contributed by atoms with Gasteiger partial charge in [-0.25, -0.2) is 14.0 Å². The summed E-state index contributed by atoms with van der Waals surface area (Å²) in [6.07, 6.45) is 0.0460. The van der Waals surface area contributed by atoms with Gasteiger partial charge in [-0.3, -0.25) is 4.79 Å². The number of benzene rings is 2. The summed E-state index contributed by atoms with van der Waals surface area (Å²) in [5.74, 6) is -2.65. The number of halogens is 1. The second kappa shape index (κ2) is 8.90. The molecule has 1 aliphatic heterocycles. The van der Waals surface area contributed by atoms with Crippen LogP contribution < -0.4 is 0 Å². The van der Waals surface area contributed by atoms with Crippen molar-refractivity contribution in [2.75, 3.05) is 6.61 Å². The highest BCUT2D eigenvalue weighted by molar-refractivity contribution is 5.96. The van der Waals surface area contributed by atoms with Crippen molar-refractivity contribution in [3.8, 4) is 0 Å².